The first-order chi connectivity index (χ1) is 12.3. The number of anilines is 2. The predicted molar refractivity (Wildman–Crippen MR) is 108 cm³/mol. The monoisotopic (exact) mass is 359 g/mol. The Hall–Kier alpha value is -2.42. The highest BCUT2D eigenvalue weighted by molar-refractivity contribution is 7.99. The van der Waals surface area contributed by atoms with E-state index in [9.17, 15) is 0 Å². The van der Waals surface area contributed by atoms with Crippen LogP contribution >= 0.6 is 23.4 Å². The molecule has 0 atom stereocenters. The molecule has 0 radical (unpaired) electrons. The summed E-state index contributed by atoms with van der Waals surface area (Å²) in [7, 11) is 0. The Bertz CT molecular complexity index is 1110. The number of rotatable bonds is 2. The van der Waals surface area contributed by atoms with E-state index in [0.29, 0.717) is 0 Å². The standard InChI is InChI=1S/C22H14ClNS/c23-18-8-1-2-9-19(18)24-15-11-12-16-17-7-3-5-14-6-4-10-20(22(14)17)25-21(16)13-15/h1-13,24H. The smallest absolute Gasteiger partial charge is 0.0640 e. The number of nitrogens with one attached hydrogen (secondary N) is 1. The molecule has 25 heavy (non-hydrogen) atoms. The summed E-state index contributed by atoms with van der Waals surface area (Å²) in [4.78, 5) is 2.58. The van der Waals surface area contributed by atoms with Gasteiger partial charge in [0.1, 0.15) is 0 Å². The van der Waals surface area contributed by atoms with Crippen molar-refractivity contribution in [1.29, 1.82) is 0 Å². The van der Waals surface area contributed by atoms with Crippen LogP contribution in [-0.2, 0) is 0 Å². The molecule has 0 aromatic heterocycles. The number of para-hydroxylation sites is 1. The molecule has 4 aromatic rings. The molecule has 0 spiro atoms. The molecule has 120 valence electrons. The van der Waals surface area contributed by atoms with Crippen LogP contribution in [0.1, 0.15) is 0 Å². The molecule has 0 saturated heterocycles. The van der Waals surface area contributed by atoms with Crippen molar-refractivity contribution in [1.82, 2.24) is 0 Å². The minimum absolute atomic E-state index is 0.725. The van der Waals surface area contributed by atoms with Crippen LogP contribution in [0.4, 0.5) is 11.4 Å². The summed E-state index contributed by atoms with van der Waals surface area (Å²) in [5, 5.41) is 6.80. The van der Waals surface area contributed by atoms with Crippen LogP contribution in [0.15, 0.2) is 88.7 Å². The average molecular weight is 360 g/mol. The summed E-state index contributed by atoms with van der Waals surface area (Å²) in [6.07, 6.45) is 0. The number of benzene rings is 4. The molecule has 0 unspecified atom stereocenters. The van der Waals surface area contributed by atoms with Gasteiger partial charge in [-0.15, -0.1) is 0 Å². The second-order valence-electron chi connectivity index (χ2n) is 6.08. The Morgan fingerprint density at radius 1 is 0.720 bits per heavy atom. The molecule has 0 bridgehead atoms. The summed E-state index contributed by atoms with van der Waals surface area (Å²) >= 11 is 8.10. The Labute approximate surface area is 155 Å². The van der Waals surface area contributed by atoms with Crippen LogP contribution in [0.2, 0.25) is 5.02 Å². The van der Waals surface area contributed by atoms with Crippen molar-refractivity contribution in [2.45, 2.75) is 9.79 Å². The van der Waals surface area contributed by atoms with Crippen LogP contribution in [0, 0.1) is 0 Å². The summed E-state index contributed by atoms with van der Waals surface area (Å²) in [5.41, 5.74) is 4.57. The third kappa shape index (κ3) is 2.50. The molecular formula is C22H14ClNS. The van der Waals surface area contributed by atoms with E-state index in [-0.39, 0.29) is 0 Å². The summed E-state index contributed by atoms with van der Waals surface area (Å²) in [6.45, 7) is 0. The summed E-state index contributed by atoms with van der Waals surface area (Å²) < 4.78 is 0. The van der Waals surface area contributed by atoms with Crippen molar-refractivity contribution in [3.63, 3.8) is 0 Å². The van der Waals surface area contributed by atoms with Crippen molar-refractivity contribution < 1.29 is 0 Å². The quantitative estimate of drug-likeness (QED) is 0.353. The van der Waals surface area contributed by atoms with Gasteiger partial charge in [-0.25, -0.2) is 0 Å². The maximum Gasteiger partial charge on any atom is 0.0640 e. The summed E-state index contributed by atoms with van der Waals surface area (Å²) in [5.74, 6) is 0. The molecule has 1 N–H and O–H groups in total. The van der Waals surface area contributed by atoms with Crippen LogP contribution < -0.4 is 5.32 Å². The first kappa shape index (κ1) is 14.9. The maximum atomic E-state index is 6.27. The first-order valence-electron chi connectivity index (χ1n) is 8.15. The van der Waals surface area contributed by atoms with Crippen LogP contribution in [0.5, 0.6) is 0 Å². The minimum atomic E-state index is 0.725. The molecule has 3 heteroatoms. The fraction of sp³-hybridized carbons (Fsp3) is 0. The van der Waals surface area contributed by atoms with Gasteiger partial charge in [0.15, 0.2) is 0 Å². The van der Waals surface area contributed by atoms with E-state index in [2.05, 4.69) is 59.9 Å². The number of halogens is 1. The highest BCUT2D eigenvalue weighted by atomic mass is 35.5. The Kier molecular flexibility index (Phi) is 3.47. The van der Waals surface area contributed by atoms with E-state index in [1.807, 2.05) is 36.0 Å². The molecule has 5 rings (SSSR count). The van der Waals surface area contributed by atoms with Gasteiger partial charge in [-0.1, -0.05) is 71.9 Å². The zero-order valence-electron chi connectivity index (χ0n) is 13.3. The molecule has 1 aliphatic rings. The third-order valence-electron chi connectivity index (χ3n) is 4.51. The molecule has 1 aliphatic heterocycles. The molecule has 0 amide bonds. The molecule has 0 saturated carbocycles. The number of fused-ring (bicyclic) bond motifs is 2. The zero-order valence-corrected chi connectivity index (χ0v) is 14.9. The molecule has 0 aliphatic carbocycles. The van der Waals surface area contributed by atoms with Crippen LogP contribution in [0.25, 0.3) is 21.9 Å². The van der Waals surface area contributed by atoms with Gasteiger partial charge >= 0.3 is 0 Å². The van der Waals surface area contributed by atoms with Gasteiger partial charge in [-0.05, 0) is 46.8 Å². The van der Waals surface area contributed by atoms with Crippen LogP contribution in [-0.4, -0.2) is 0 Å². The van der Waals surface area contributed by atoms with Gasteiger partial charge in [0.25, 0.3) is 0 Å². The lowest BCUT2D eigenvalue weighted by molar-refractivity contribution is 1.39. The highest BCUT2D eigenvalue weighted by Gasteiger charge is 2.19. The predicted octanol–water partition coefficient (Wildman–Crippen LogP) is 7.37. The van der Waals surface area contributed by atoms with Crippen molar-refractivity contribution in [3.8, 4) is 11.1 Å². The third-order valence-corrected chi connectivity index (χ3v) is 5.96. The van der Waals surface area contributed by atoms with Gasteiger partial charge in [0.05, 0.1) is 10.7 Å². The molecular weight excluding hydrogens is 346 g/mol. The van der Waals surface area contributed by atoms with Crippen molar-refractivity contribution in [2.24, 2.45) is 0 Å². The van der Waals surface area contributed by atoms with Gasteiger partial charge in [-0.3, -0.25) is 0 Å². The van der Waals surface area contributed by atoms with Gasteiger partial charge in [0.2, 0.25) is 0 Å². The highest BCUT2D eigenvalue weighted by Crippen LogP contribution is 2.48. The normalized spacial score (nSPS) is 12.0. The van der Waals surface area contributed by atoms with Crippen molar-refractivity contribution in [2.75, 3.05) is 5.32 Å². The fourth-order valence-corrected chi connectivity index (χ4v) is 4.73. The van der Waals surface area contributed by atoms with Crippen molar-refractivity contribution >= 4 is 45.5 Å². The molecule has 1 heterocycles. The Morgan fingerprint density at radius 2 is 1.56 bits per heavy atom. The van der Waals surface area contributed by atoms with E-state index >= 15 is 0 Å². The second kappa shape index (κ2) is 5.83. The second-order valence-corrected chi connectivity index (χ2v) is 7.57. The SMILES string of the molecule is Clc1ccccc1Nc1ccc2c(c1)Sc1cccc3cccc-2c13. The zero-order chi connectivity index (χ0) is 16.8. The van der Waals surface area contributed by atoms with Gasteiger partial charge < -0.3 is 5.32 Å². The first-order valence-corrected chi connectivity index (χ1v) is 9.35. The topological polar surface area (TPSA) is 12.0 Å². The lowest BCUT2D eigenvalue weighted by atomic mass is 9.97. The average Bonchev–Trinajstić information content (AvgIpc) is 2.64. The van der Waals surface area contributed by atoms with E-state index in [1.165, 1.54) is 31.7 Å². The minimum Gasteiger partial charge on any atom is -0.354 e. The van der Waals surface area contributed by atoms with E-state index in [1.54, 1.807) is 0 Å². The van der Waals surface area contributed by atoms with E-state index in [0.717, 1.165) is 16.4 Å². The largest absolute Gasteiger partial charge is 0.354 e. The van der Waals surface area contributed by atoms with Gasteiger partial charge in [-0.2, -0.15) is 0 Å². The maximum absolute atomic E-state index is 6.27. The molecule has 0 fully saturated rings. The van der Waals surface area contributed by atoms with E-state index in [4.69, 9.17) is 11.6 Å². The van der Waals surface area contributed by atoms with E-state index < -0.39 is 0 Å². The van der Waals surface area contributed by atoms with Gasteiger partial charge in [0, 0.05) is 20.9 Å². The van der Waals surface area contributed by atoms with Crippen molar-refractivity contribution in [3.05, 3.63) is 83.9 Å². The fourth-order valence-electron chi connectivity index (χ4n) is 3.36. The Balaban J connectivity index is 1.62. The number of hydrogen-bond acceptors (Lipinski definition) is 2. The molecule has 4 aromatic carbocycles. The van der Waals surface area contributed by atoms with Crippen LogP contribution in [0.3, 0.4) is 0 Å². The Morgan fingerprint density at radius 3 is 2.44 bits per heavy atom. The lowest BCUT2D eigenvalue weighted by Crippen LogP contribution is -1.95. The molecule has 1 nitrogen and oxygen atoms in total. The summed E-state index contributed by atoms with van der Waals surface area (Å²) in [6, 6.07) is 27.4. The lowest BCUT2D eigenvalue weighted by Gasteiger charge is -2.21. The number of hydrogen-bond donors (Lipinski definition) is 1.